The number of amides is 1. The Morgan fingerprint density at radius 1 is 1.28 bits per heavy atom. The molecule has 0 radical (unpaired) electrons. The van der Waals surface area contributed by atoms with Gasteiger partial charge in [-0.1, -0.05) is 6.07 Å². The number of aliphatic hydroxyl groups excluding tert-OH is 1. The maximum Gasteiger partial charge on any atom is 0.253 e. The number of hydrogen-bond acceptors (Lipinski definition) is 4. The molecule has 1 aliphatic rings. The van der Waals surface area contributed by atoms with E-state index in [4.69, 9.17) is 5.26 Å². The van der Waals surface area contributed by atoms with E-state index in [0.29, 0.717) is 24.2 Å². The SMILES string of the molecule is CC(O)C1CCN(C(=O)c2cccc(Nc3ccc(C#N)cc3)c2)C1. The van der Waals surface area contributed by atoms with Crippen LogP contribution in [0.5, 0.6) is 0 Å². The average molecular weight is 335 g/mol. The van der Waals surface area contributed by atoms with Crippen LogP contribution in [0.2, 0.25) is 0 Å². The van der Waals surface area contributed by atoms with Gasteiger partial charge in [-0.05, 0) is 55.8 Å². The number of nitrogens with zero attached hydrogens (tertiary/aromatic N) is 2. The lowest BCUT2D eigenvalue weighted by Crippen LogP contribution is -2.30. The van der Waals surface area contributed by atoms with Gasteiger partial charge in [0, 0.05) is 35.9 Å². The summed E-state index contributed by atoms with van der Waals surface area (Å²) in [4.78, 5) is 14.5. The summed E-state index contributed by atoms with van der Waals surface area (Å²) < 4.78 is 0. The standard InChI is InChI=1S/C20H21N3O2/c1-14(24)17-9-10-23(13-17)20(25)16-3-2-4-19(11-16)22-18-7-5-15(12-21)6-8-18/h2-8,11,14,17,22,24H,9-10,13H2,1H3. The summed E-state index contributed by atoms with van der Waals surface area (Å²) in [5, 5.41) is 21.8. The van der Waals surface area contributed by atoms with Gasteiger partial charge in [0.05, 0.1) is 17.7 Å². The van der Waals surface area contributed by atoms with E-state index in [1.807, 2.05) is 36.4 Å². The zero-order chi connectivity index (χ0) is 17.8. The number of benzene rings is 2. The Kier molecular flexibility index (Phi) is 5.01. The van der Waals surface area contributed by atoms with Crippen molar-refractivity contribution in [3.63, 3.8) is 0 Å². The number of nitrogens with one attached hydrogen (secondary N) is 1. The summed E-state index contributed by atoms with van der Waals surface area (Å²) >= 11 is 0. The predicted molar refractivity (Wildman–Crippen MR) is 96.6 cm³/mol. The molecule has 2 aromatic carbocycles. The second kappa shape index (κ2) is 7.37. The van der Waals surface area contributed by atoms with Crippen molar-refractivity contribution in [3.05, 3.63) is 59.7 Å². The van der Waals surface area contributed by atoms with Crippen molar-refractivity contribution in [2.75, 3.05) is 18.4 Å². The molecule has 25 heavy (non-hydrogen) atoms. The van der Waals surface area contributed by atoms with Crippen LogP contribution in [0, 0.1) is 17.2 Å². The van der Waals surface area contributed by atoms with Gasteiger partial charge in [0.1, 0.15) is 0 Å². The zero-order valence-electron chi connectivity index (χ0n) is 14.1. The van der Waals surface area contributed by atoms with Gasteiger partial charge in [-0.15, -0.1) is 0 Å². The molecule has 0 aliphatic carbocycles. The third-order valence-corrected chi connectivity index (χ3v) is 4.61. The van der Waals surface area contributed by atoms with Crippen LogP contribution in [0.4, 0.5) is 11.4 Å². The first kappa shape index (κ1) is 17.0. The normalized spacial score (nSPS) is 17.8. The van der Waals surface area contributed by atoms with E-state index in [1.165, 1.54) is 0 Å². The van der Waals surface area contributed by atoms with Gasteiger partial charge in [0.25, 0.3) is 5.91 Å². The summed E-state index contributed by atoms with van der Waals surface area (Å²) in [5.74, 6) is 0.149. The highest BCUT2D eigenvalue weighted by Crippen LogP contribution is 2.23. The second-order valence-corrected chi connectivity index (χ2v) is 6.44. The highest BCUT2D eigenvalue weighted by atomic mass is 16.3. The zero-order valence-corrected chi connectivity index (χ0v) is 14.1. The minimum absolute atomic E-state index is 0.00775. The molecule has 5 nitrogen and oxygen atoms in total. The molecular formula is C20H21N3O2. The minimum atomic E-state index is -0.387. The lowest BCUT2D eigenvalue weighted by molar-refractivity contribution is 0.0762. The van der Waals surface area contributed by atoms with Crippen LogP contribution < -0.4 is 5.32 Å². The van der Waals surface area contributed by atoms with Gasteiger partial charge in [-0.3, -0.25) is 4.79 Å². The summed E-state index contributed by atoms with van der Waals surface area (Å²) in [7, 11) is 0. The van der Waals surface area contributed by atoms with Crippen LogP contribution in [-0.2, 0) is 0 Å². The molecule has 128 valence electrons. The molecule has 1 amide bonds. The molecule has 1 fully saturated rings. The Morgan fingerprint density at radius 3 is 2.68 bits per heavy atom. The Balaban J connectivity index is 1.70. The summed E-state index contributed by atoms with van der Waals surface area (Å²) in [6, 6.07) is 16.6. The van der Waals surface area contributed by atoms with Crippen molar-refractivity contribution in [3.8, 4) is 6.07 Å². The Labute approximate surface area is 147 Å². The van der Waals surface area contributed by atoms with Gasteiger partial charge >= 0.3 is 0 Å². The lowest BCUT2D eigenvalue weighted by Gasteiger charge is -2.18. The van der Waals surface area contributed by atoms with Crippen LogP contribution in [0.1, 0.15) is 29.3 Å². The smallest absolute Gasteiger partial charge is 0.253 e. The van der Waals surface area contributed by atoms with E-state index in [1.54, 1.807) is 24.0 Å². The largest absolute Gasteiger partial charge is 0.393 e. The third-order valence-electron chi connectivity index (χ3n) is 4.61. The van der Waals surface area contributed by atoms with Gasteiger partial charge in [-0.25, -0.2) is 0 Å². The molecule has 5 heteroatoms. The fraction of sp³-hybridized carbons (Fsp3) is 0.300. The van der Waals surface area contributed by atoms with Crippen LogP contribution in [0.3, 0.4) is 0 Å². The maximum absolute atomic E-state index is 12.7. The minimum Gasteiger partial charge on any atom is -0.393 e. The van der Waals surface area contributed by atoms with E-state index in [-0.39, 0.29) is 17.9 Å². The maximum atomic E-state index is 12.7. The Bertz CT molecular complexity index is 793. The van der Waals surface area contributed by atoms with Crippen molar-refractivity contribution in [2.45, 2.75) is 19.4 Å². The van der Waals surface area contributed by atoms with Crippen molar-refractivity contribution in [2.24, 2.45) is 5.92 Å². The van der Waals surface area contributed by atoms with E-state index < -0.39 is 0 Å². The van der Waals surface area contributed by atoms with Crippen LogP contribution in [-0.4, -0.2) is 35.1 Å². The van der Waals surface area contributed by atoms with Gasteiger partial charge in [0.2, 0.25) is 0 Å². The molecule has 2 unspecified atom stereocenters. The van der Waals surface area contributed by atoms with E-state index in [9.17, 15) is 9.90 Å². The molecule has 0 bridgehead atoms. The number of rotatable bonds is 4. The number of anilines is 2. The van der Waals surface area contributed by atoms with Crippen LogP contribution >= 0.6 is 0 Å². The second-order valence-electron chi connectivity index (χ2n) is 6.44. The quantitative estimate of drug-likeness (QED) is 0.900. The molecule has 2 aromatic rings. The number of nitriles is 1. The predicted octanol–water partition coefficient (Wildman–Crippen LogP) is 3.14. The molecule has 0 spiro atoms. The fourth-order valence-electron chi connectivity index (χ4n) is 3.07. The average Bonchev–Trinajstić information content (AvgIpc) is 3.12. The molecule has 1 heterocycles. The van der Waals surface area contributed by atoms with Crippen molar-refractivity contribution < 1.29 is 9.90 Å². The number of aliphatic hydroxyl groups is 1. The van der Waals surface area contributed by atoms with Crippen LogP contribution in [0.25, 0.3) is 0 Å². The molecule has 1 saturated heterocycles. The molecular weight excluding hydrogens is 314 g/mol. The Morgan fingerprint density at radius 2 is 2.04 bits per heavy atom. The van der Waals surface area contributed by atoms with Crippen molar-refractivity contribution >= 4 is 17.3 Å². The molecule has 3 rings (SSSR count). The number of likely N-dealkylation sites (tertiary alicyclic amines) is 1. The van der Waals surface area contributed by atoms with E-state index >= 15 is 0 Å². The fourth-order valence-corrected chi connectivity index (χ4v) is 3.07. The molecule has 0 aromatic heterocycles. The summed E-state index contributed by atoms with van der Waals surface area (Å²) in [6.07, 6.45) is 0.453. The highest BCUT2D eigenvalue weighted by molar-refractivity contribution is 5.95. The molecule has 1 aliphatic heterocycles. The topological polar surface area (TPSA) is 76.4 Å². The van der Waals surface area contributed by atoms with Gasteiger partial charge in [0.15, 0.2) is 0 Å². The van der Waals surface area contributed by atoms with Crippen molar-refractivity contribution in [1.29, 1.82) is 5.26 Å². The first-order valence-electron chi connectivity index (χ1n) is 8.41. The Hall–Kier alpha value is -2.84. The third kappa shape index (κ3) is 3.98. The first-order valence-corrected chi connectivity index (χ1v) is 8.41. The monoisotopic (exact) mass is 335 g/mol. The van der Waals surface area contributed by atoms with Gasteiger partial charge in [-0.2, -0.15) is 5.26 Å². The number of hydrogen-bond donors (Lipinski definition) is 2. The molecule has 2 atom stereocenters. The first-order chi connectivity index (χ1) is 12.1. The molecule has 2 N–H and O–H groups in total. The van der Waals surface area contributed by atoms with Crippen LogP contribution in [0.15, 0.2) is 48.5 Å². The number of carbonyl (C=O) groups excluding carboxylic acids is 1. The summed E-state index contributed by atoms with van der Waals surface area (Å²) in [6.45, 7) is 3.06. The molecule has 0 saturated carbocycles. The van der Waals surface area contributed by atoms with Gasteiger partial charge < -0.3 is 15.3 Å². The summed E-state index contributed by atoms with van der Waals surface area (Å²) in [5.41, 5.74) is 2.92. The lowest BCUT2D eigenvalue weighted by atomic mass is 10.0. The van der Waals surface area contributed by atoms with E-state index in [0.717, 1.165) is 17.8 Å². The number of carbonyl (C=O) groups is 1. The van der Waals surface area contributed by atoms with E-state index in [2.05, 4.69) is 11.4 Å². The van der Waals surface area contributed by atoms with Crippen molar-refractivity contribution in [1.82, 2.24) is 4.90 Å². The highest BCUT2D eigenvalue weighted by Gasteiger charge is 2.29.